The lowest BCUT2D eigenvalue weighted by Gasteiger charge is -2.13. The molecular formula is C27H36N4O. The minimum absolute atomic E-state index is 0.801. The fourth-order valence-electron chi connectivity index (χ4n) is 5.17. The van der Waals surface area contributed by atoms with Gasteiger partial charge in [-0.25, -0.2) is 4.98 Å². The number of hydrogen-bond acceptors (Lipinski definition) is 3. The Morgan fingerprint density at radius 2 is 1.62 bits per heavy atom. The van der Waals surface area contributed by atoms with Gasteiger partial charge in [0.2, 0.25) is 0 Å². The Morgan fingerprint density at radius 1 is 0.906 bits per heavy atom. The molecule has 3 aromatic heterocycles. The van der Waals surface area contributed by atoms with Crippen LogP contribution in [0.5, 0.6) is 0 Å². The average molecular weight is 433 g/mol. The normalized spacial score (nSPS) is 11.8. The van der Waals surface area contributed by atoms with E-state index in [4.69, 9.17) is 14.8 Å². The predicted molar refractivity (Wildman–Crippen MR) is 133 cm³/mol. The molecule has 3 heterocycles. The molecule has 0 saturated carbocycles. The van der Waals surface area contributed by atoms with E-state index in [-0.39, 0.29) is 0 Å². The lowest BCUT2D eigenvalue weighted by molar-refractivity contribution is 0.191. The molecule has 0 radical (unpaired) electrons. The Kier molecular flexibility index (Phi) is 6.38. The van der Waals surface area contributed by atoms with Gasteiger partial charge in [-0.15, -0.1) is 0 Å². The minimum atomic E-state index is 0.801. The zero-order valence-corrected chi connectivity index (χ0v) is 20.7. The number of unbranched alkanes of at least 4 members (excludes halogenated alkanes) is 1. The van der Waals surface area contributed by atoms with E-state index >= 15 is 0 Å². The molecule has 5 nitrogen and oxygen atoms in total. The highest BCUT2D eigenvalue weighted by atomic mass is 16.5. The molecule has 0 amide bonds. The molecule has 0 bridgehead atoms. The van der Waals surface area contributed by atoms with Crippen molar-refractivity contribution < 1.29 is 4.74 Å². The number of rotatable bonds is 8. The van der Waals surface area contributed by atoms with Gasteiger partial charge in [0.05, 0.1) is 17.0 Å². The van der Waals surface area contributed by atoms with Crippen LogP contribution in [0.4, 0.5) is 0 Å². The fraction of sp³-hybridized carbons (Fsp3) is 0.481. The summed E-state index contributed by atoms with van der Waals surface area (Å²) in [7, 11) is 1.77. The monoisotopic (exact) mass is 432 g/mol. The third kappa shape index (κ3) is 3.83. The van der Waals surface area contributed by atoms with Gasteiger partial charge in [0.15, 0.2) is 5.65 Å². The molecule has 32 heavy (non-hydrogen) atoms. The van der Waals surface area contributed by atoms with Crippen LogP contribution in [0, 0.1) is 34.6 Å². The van der Waals surface area contributed by atoms with Crippen molar-refractivity contribution in [2.75, 3.05) is 13.7 Å². The van der Waals surface area contributed by atoms with Crippen LogP contribution >= 0.6 is 0 Å². The number of benzene rings is 1. The van der Waals surface area contributed by atoms with Crippen molar-refractivity contribution in [3.63, 3.8) is 0 Å². The number of methoxy groups -OCH3 is 1. The van der Waals surface area contributed by atoms with Gasteiger partial charge >= 0.3 is 0 Å². The van der Waals surface area contributed by atoms with Crippen molar-refractivity contribution in [2.45, 2.75) is 73.8 Å². The van der Waals surface area contributed by atoms with Gasteiger partial charge in [-0.05, 0) is 76.6 Å². The van der Waals surface area contributed by atoms with Gasteiger partial charge < -0.3 is 9.30 Å². The third-order valence-corrected chi connectivity index (χ3v) is 6.47. The summed E-state index contributed by atoms with van der Waals surface area (Å²) in [6, 6.07) is 6.85. The molecule has 0 unspecified atom stereocenters. The first kappa shape index (κ1) is 22.5. The quantitative estimate of drug-likeness (QED) is 0.308. The van der Waals surface area contributed by atoms with Crippen LogP contribution in [0.15, 0.2) is 18.2 Å². The molecule has 0 spiro atoms. The molecule has 5 heteroatoms. The summed E-state index contributed by atoms with van der Waals surface area (Å²) in [4.78, 5) is 5.10. The van der Waals surface area contributed by atoms with Crippen molar-refractivity contribution in [1.29, 1.82) is 0 Å². The first-order chi connectivity index (χ1) is 15.4. The maximum absolute atomic E-state index is 5.28. The van der Waals surface area contributed by atoms with Crippen molar-refractivity contribution >= 4 is 16.7 Å². The van der Waals surface area contributed by atoms with Gasteiger partial charge in [-0.3, -0.25) is 0 Å². The first-order valence-corrected chi connectivity index (χ1v) is 11.8. The van der Waals surface area contributed by atoms with E-state index < -0.39 is 0 Å². The predicted octanol–water partition coefficient (Wildman–Crippen LogP) is 6.27. The lowest BCUT2D eigenvalue weighted by Crippen LogP contribution is -2.08. The zero-order valence-electron chi connectivity index (χ0n) is 20.7. The molecule has 170 valence electrons. The summed E-state index contributed by atoms with van der Waals surface area (Å²) < 4.78 is 9.85. The smallest absolute Gasteiger partial charge is 0.165 e. The number of aryl methyl sites for hydroxylation is 7. The molecule has 4 rings (SSSR count). The van der Waals surface area contributed by atoms with Crippen LogP contribution < -0.4 is 0 Å². The average Bonchev–Trinajstić information content (AvgIpc) is 3.24. The van der Waals surface area contributed by atoms with Crippen LogP contribution in [-0.4, -0.2) is 32.9 Å². The summed E-state index contributed by atoms with van der Waals surface area (Å²) in [5.41, 5.74) is 11.9. The van der Waals surface area contributed by atoms with Gasteiger partial charge in [0, 0.05) is 31.3 Å². The third-order valence-electron chi connectivity index (χ3n) is 6.47. The summed E-state index contributed by atoms with van der Waals surface area (Å²) in [6.45, 7) is 14.8. The summed E-state index contributed by atoms with van der Waals surface area (Å²) >= 11 is 0. The lowest BCUT2D eigenvalue weighted by atomic mass is 9.94. The van der Waals surface area contributed by atoms with Crippen molar-refractivity contribution in [3.8, 4) is 11.1 Å². The molecule has 0 N–H and O–H groups in total. The Morgan fingerprint density at radius 3 is 2.28 bits per heavy atom. The fourth-order valence-corrected chi connectivity index (χ4v) is 5.17. The Hall–Kier alpha value is -2.66. The van der Waals surface area contributed by atoms with E-state index in [0.717, 1.165) is 61.4 Å². The van der Waals surface area contributed by atoms with Crippen LogP contribution in [0.3, 0.4) is 0 Å². The van der Waals surface area contributed by atoms with E-state index in [2.05, 4.69) is 68.8 Å². The van der Waals surface area contributed by atoms with Crippen LogP contribution in [0.1, 0.15) is 60.0 Å². The van der Waals surface area contributed by atoms with Gasteiger partial charge in [0.25, 0.3) is 0 Å². The molecule has 0 aliphatic carbocycles. The first-order valence-electron chi connectivity index (χ1n) is 11.8. The van der Waals surface area contributed by atoms with Crippen LogP contribution in [0.2, 0.25) is 0 Å². The topological polar surface area (TPSA) is 44.4 Å². The highest BCUT2D eigenvalue weighted by molar-refractivity contribution is 5.90. The van der Waals surface area contributed by atoms with E-state index in [9.17, 15) is 0 Å². The highest BCUT2D eigenvalue weighted by Crippen LogP contribution is 2.36. The van der Waals surface area contributed by atoms with Crippen LogP contribution in [-0.2, 0) is 17.7 Å². The van der Waals surface area contributed by atoms with Gasteiger partial charge in [-0.1, -0.05) is 31.0 Å². The Bertz CT molecular complexity index is 1260. The van der Waals surface area contributed by atoms with E-state index in [1.165, 1.54) is 39.0 Å². The van der Waals surface area contributed by atoms with Crippen LogP contribution in [0.25, 0.3) is 27.8 Å². The molecular weight excluding hydrogens is 396 g/mol. The second-order valence-corrected chi connectivity index (χ2v) is 9.14. The maximum atomic E-state index is 5.28. The van der Waals surface area contributed by atoms with E-state index in [0.29, 0.717) is 0 Å². The second kappa shape index (κ2) is 9.07. The van der Waals surface area contributed by atoms with Crippen molar-refractivity contribution in [3.05, 3.63) is 52.0 Å². The maximum Gasteiger partial charge on any atom is 0.165 e. The van der Waals surface area contributed by atoms with E-state index in [1.54, 1.807) is 7.11 Å². The largest absolute Gasteiger partial charge is 0.385 e. The Labute approximate surface area is 191 Å². The summed E-state index contributed by atoms with van der Waals surface area (Å²) in [5, 5.41) is 6.26. The summed E-state index contributed by atoms with van der Waals surface area (Å²) in [6.07, 6.45) is 4.32. The molecule has 0 aliphatic heterocycles. The SMILES string of the molecule is CCCc1cc2c(C)nc3c(-c4c(C)cc(C)cc4C)c(C)nn3c2n1CCCCOC. The number of hydrogen-bond donors (Lipinski definition) is 0. The molecule has 0 aliphatic rings. The number of nitrogens with zero attached hydrogens (tertiary/aromatic N) is 4. The van der Waals surface area contributed by atoms with Gasteiger partial charge in [-0.2, -0.15) is 9.61 Å². The second-order valence-electron chi connectivity index (χ2n) is 9.14. The van der Waals surface area contributed by atoms with E-state index in [1.807, 2.05) is 0 Å². The van der Waals surface area contributed by atoms with Crippen molar-refractivity contribution in [2.24, 2.45) is 0 Å². The number of ether oxygens (including phenoxy) is 1. The number of aromatic nitrogens is 4. The minimum Gasteiger partial charge on any atom is -0.385 e. The molecule has 4 aromatic rings. The Balaban J connectivity index is 1.99. The highest BCUT2D eigenvalue weighted by Gasteiger charge is 2.22. The summed E-state index contributed by atoms with van der Waals surface area (Å²) in [5.74, 6) is 0. The van der Waals surface area contributed by atoms with Gasteiger partial charge in [0.1, 0.15) is 5.65 Å². The molecule has 1 aromatic carbocycles. The zero-order chi connectivity index (χ0) is 23.0. The molecule has 0 atom stereocenters. The number of fused-ring (bicyclic) bond motifs is 3. The molecule has 0 fully saturated rings. The van der Waals surface area contributed by atoms with Crippen molar-refractivity contribution in [1.82, 2.24) is 19.2 Å². The standard InChI is InChI=1S/C27H36N4O/c1-8-11-22-16-23-20(5)28-26-25(24-18(3)14-17(2)15-19(24)4)21(6)29-31(26)27(23)30(22)12-9-10-13-32-7/h14-16H,8-13H2,1-7H3. The molecule has 0 saturated heterocycles.